The van der Waals surface area contributed by atoms with Crippen LogP contribution in [0.25, 0.3) is 0 Å². The quantitative estimate of drug-likeness (QED) is 0.324. The van der Waals surface area contributed by atoms with Crippen LogP contribution in [0.3, 0.4) is 0 Å². The molecule has 2 fully saturated rings. The first-order valence-electron chi connectivity index (χ1n) is 11.7. The van der Waals surface area contributed by atoms with Crippen molar-refractivity contribution >= 4 is 0 Å². The molecule has 0 spiro atoms. The van der Waals surface area contributed by atoms with Crippen molar-refractivity contribution in [1.82, 2.24) is 0 Å². The van der Waals surface area contributed by atoms with Crippen molar-refractivity contribution < 1.29 is 19.3 Å². The number of aliphatic hydroxyl groups excluding tert-OH is 1. The Morgan fingerprint density at radius 2 is 1.46 bits per heavy atom. The lowest BCUT2D eigenvalue weighted by molar-refractivity contribution is -0.264. The molecule has 2 atom stereocenters. The maximum absolute atomic E-state index is 9.04. The van der Waals surface area contributed by atoms with Gasteiger partial charge in [0.25, 0.3) is 0 Å². The molecule has 4 heteroatoms. The topological polar surface area (TPSA) is 47.9 Å². The van der Waals surface area contributed by atoms with E-state index in [2.05, 4.69) is 32.9 Å². The molecule has 0 aromatic heterocycles. The Morgan fingerprint density at radius 1 is 0.893 bits per heavy atom. The van der Waals surface area contributed by atoms with Crippen LogP contribution in [-0.2, 0) is 14.2 Å². The number of hydrogen-bond donors (Lipinski definition) is 1. The Bertz CT molecular complexity index is 353. The minimum absolute atomic E-state index is 0.00292. The molecule has 0 aliphatic carbocycles. The highest BCUT2D eigenvalue weighted by molar-refractivity contribution is 4.94. The Balaban J connectivity index is 0.000000281. The molecule has 0 bridgehead atoms. The van der Waals surface area contributed by atoms with Crippen molar-refractivity contribution in [2.24, 2.45) is 5.41 Å². The molecular formula is C24H46O4. The fraction of sp³-hybridized carbons (Fsp3) is 0.917. The number of hydrogen-bond acceptors (Lipinski definition) is 4. The molecule has 2 aliphatic rings. The van der Waals surface area contributed by atoms with Gasteiger partial charge < -0.3 is 19.3 Å². The van der Waals surface area contributed by atoms with Crippen LogP contribution in [0.1, 0.15) is 104 Å². The maximum atomic E-state index is 9.04. The van der Waals surface area contributed by atoms with Crippen LogP contribution in [0, 0.1) is 5.41 Å². The second kappa shape index (κ2) is 16.4. The largest absolute Gasteiger partial charge is 0.395 e. The van der Waals surface area contributed by atoms with Gasteiger partial charge in [0.1, 0.15) is 0 Å². The predicted octanol–water partition coefficient (Wildman–Crippen LogP) is 6.37. The molecule has 28 heavy (non-hydrogen) atoms. The Kier molecular flexibility index (Phi) is 15.0. The van der Waals surface area contributed by atoms with Crippen LogP contribution in [-0.4, -0.2) is 37.5 Å². The van der Waals surface area contributed by atoms with E-state index < -0.39 is 0 Å². The molecule has 2 rings (SSSR count). The fourth-order valence-corrected chi connectivity index (χ4v) is 3.30. The van der Waals surface area contributed by atoms with Gasteiger partial charge in [0.05, 0.1) is 6.61 Å². The molecule has 0 saturated carbocycles. The van der Waals surface area contributed by atoms with Crippen LogP contribution >= 0.6 is 0 Å². The zero-order valence-corrected chi connectivity index (χ0v) is 18.8. The van der Waals surface area contributed by atoms with Gasteiger partial charge in [-0.2, -0.15) is 0 Å². The van der Waals surface area contributed by atoms with Crippen molar-refractivity contribution in [3.05, 3.63) is 12.2 Å². The molecule has 0 radical (unpaired) electrons. The average Bonchev–Trinajstić information content (AvgIpc) is 2.72. The van der Waals surface area contributed by atoms with E-state index in [4.69, 9.17) is 19.3 Å². The molecule has 2 saturated heterocycles. The number of ether oxygens (including phenoxy) is 3. The third-order valence-electron chi connectivity index (χ3n) is 5.28. The highest BCUT2D eigenvalue weighted by Crippen LogP contribution is 2.20. The molecule has 0 aromatic carbocycles. The van der Waals surface area contributed by atoms with Crippen molar-refractivity contribution in [3.63, 3.8) is 0 Å². The van der Waals surface area contributed by atoms with Gasteiger partial charge in [-0.05, 0) is 51.4 Å². The van der Waals surface area contributed by atoms with Crippen LogP contribution in [0.4, 0.5) is 0 Å². The van der Waals surface area contributed by atoms with Crippen molar-refractivity contribution in [1.29, 1.82) is 0 Å². The van der Waals surface area contributed by atoms with Crippen molar-refractivity contribution in [3.8, 4) is 0 Å². The number of unbranched alkanes of at least 4 members (excludes halogenated alkanes) is 6. The molecule has 0 amide bonds. The fourth-order valence-electron chi connectivity index (χ4n) is 3.30. The van der Waals surface area contributed by atoms with E-state index in [0.29, 0.717) is 0 Å². The second-order valence-corrected chi connectivity index (χ2v) is 8.83. The molecule has 0 aromatic rings. The lowest BCUT2D eigenvalue weighted by Crippen LogP contribution is -2.31. The van der Waals surface area contributed by atoms with E-state index in [1.54, 1.807) is 0 Å². The maximum Gasteiger partial charge on any atom is 0.160 e. The number of rotatable bonds is 11. The number of aliphatic hydroxyl groups is 1. The summed E-state index contributed by atoms with van der Waals surface area (Å²) in [6, 6.07) is 0. The van der Waals surface area contributed by atoms with Crippen LogP contribution in [0.15, 0.2) is 12.2 Å². The molecule has 2 heterocycles. The van der Waals surface area contributed by atoms with E-state index in [9.17, 15) is 0 Å². The third kappa shape index (κ3) is 13.7. The normalized spacial score (nSPS) is 23.4. The smallest absolute Gasteiger partial charge is 0.160 e. The summed E-state index contributed by atoms with van der Waals surface area (Å²) in [7, 11) is 0. The van der Waals surface area contributed by atoms with Crippen LogP contribution in [0.5, 0.6) is 0 Å². The van der Waals surface area contributed by atoms with E-state index >= 15 is 0 Å². The minimum atomic E-state index is -0.0395. The molecule has 4 nitrogen and oxygen atoms in total. The summed E-state index contributed by atoms with van der Waals surface area (Å²) in [6.45, 7) is 8.30. The first kappa shape index (κ1) is 25.6. The SMILES string of the molecule is C1CCC(OC2CCCCO2)OC1.CCCCCCCCC=CC(C)(C)CO. The lowest BCUT2D eigenvalue weighted by Gasteiger charge is -2.29. The predicted molar refractivity (Wildman–Crippen MR) is 116 cm³/mol. The zero-order valence-electron chi connectivity index (χ0n) is 18.8. The first-order chi connectivity index (χ1) is 13.6. The summed E-state index contributed by atoms with van der Waals surface area (Å²) in [5, 5.41) is 9.04. The van der Waals surface area contributed by atoms with Gasteiger partial charge in [-0.3, -0.25) is 0 Å². The third-order valence-corrected chi connectivity index (χ3v) is 5.28. The lowest BCUT2D eigenvalue weighted by atomic mass is 9.94. The van der Waals surface area contributed by atoms with Crippen LogP contribution < -0.4 is 0 Å². The van der Waals surface area contributed by atoms with Crippen molar-refractivity contribution in [2.45, 2.75) is 117 Å². The standard InChI is InChI=1S/C14H28O.C10H18O3/c1-4-5-6-7-8-9-10-11-12-14(2,3)13-15;1-3-7-11-9(5-1)13-10-6-2-4-8-12-10/h11-12,15H,4-10,13H2,1-3H3;9-10H,1-8H2. The molecule has 2 aliphatic heterocycles. The van der Waals surface area contributed by atoms with E-state index in [0.717, 1.165) is 32.5 Å². The summed E-state index contributed by atoms with van der Waals surface area (Å²) in [4.78, 5) is 0. The average molecular weight is 399 g/mol. The second-order valence-electron chi connectivity index (χ2n) is 8.83. The van der Waals surface area contributed by atoms with E-state index in [1.165, 1.54) is 64.2 Å². The van der Waals surface area contributed by atoms with E-state index in [-0.39, 0.29) is 24.6 Å². The molecular weight excluding hydrogens is 352 g/mol. The highest BCUT2D eigenvalue weighted by atomic mass is 16.8. The van der Waals surface area contributed by atoms with E-state index in [1.807, 2.05) is 0 Å². The summed E-state index contributed by atoms with van der Waals surface area (Å²) in [6.07, 6.45) is 20.5. The van der Waals surface area contributed by atoms with Gasteiger partial charge in [-0.25, -0.2) is 0 Å². The summed E-state index contributed by atoms with van der Waals surface area (Å²) in [5.41, 5.74) is -0.0395. The summed E-state index contributed by atoms with van der Waals surface area (Å²) in [5.74, 6) is 0. The van der Waals surface area contributed by atoms with Gasteiger partial charge in [0.2, 0.25) is 0 Å². The van der Waals surface area contributed by atoms with Gasteiger partial charge in [-0.1, -0.05) is 65.0 Å². The zero-order chi connectivity index (χ0) is 20.5. The van der Waals surface area contributed by atoms with Crippen LogP contribution in [0.2, 0.25) is 0 Å². The highest BCUT2D eigenvalue weighted by Gasteiger charge is 2.21. The monoisotopic (exact) mass is 398 g/mol. The molecule has 166 valence electrons. The molecule has 1 N–H and O–H groups in total. The summed E-state index contributed by atoms with van der Waals surface area (Å²) < 4.78 is 16.6. The summed E-state index contributed by atoms with van der Waals surface area (Å²) >= 11 is 0. The Hall–Kier alpha value is -0.420. The number of allylic oxidation sites excluding steroid dienone is 1. The van der Waals surface area contributed by atoms with Crippen molar-refractivity contribution in [2.75, 3.05) is 19.8 Å². The van der Waals surface area contributed by atoms with Gasteiger partial charge in [-0.15, -0.1) is 0 Å². The van der Waals surface area contributed by atoms with Gasteiger partial charge >= 0.3 is 0 Å². The minimum Gasteiger partial charge on any atom is -0.395 e. The molecule has 2 unspecified atom stereocenters. The Morgan fingerprint density at radius 3 is 1.96 bits per heavy atom. The Labute approximate surface area is 174 Å². The van der Waals surface area contributed by atoms with Gasteiger partial charge in [0, 0.05) is 18.6 Å². The first-order valence-corrected chi connectivity index (χ1v) is 11.7. The van der Waals surface area contributed by atoms with Gasteiger partial charge in [0.15, 0.2) is 12.6 Å².